The number of piperazine rings is 1. The second-order valence-electron chi connectivity index (χ2n) is 7.98. The van der Waals surface area contributed by atoms with Crippen molar-refractivity contribution in [1.29, 1.82) is 0 Å². The van der Waals surface area contributed by atoms with Gasteiger partial charge in [0.05, 0.1) is 11.1 Å². The van der Waals surface area contributed by atoms with Gasteiger partial charge >= 0.3 is 12.3 Å². The van der Waals surface area contributed by atoms with Gasteiger partial charge < -0.3 is 14.5 Å². The number of carbonyl (C=O) groups excluding carboxylic acids is 2. The van der Waals surface area contributed by atoms with Crippen LogP contribution in [0.1, 0.15) is 50.5 Å². The van der Waals surface area contributed by atoms with Gasteiger partial charge in [-0.1, -0.05) is 0 Å². The molecule has 0 aliphatic carbocycles. The summed E-state index contributed by atoms with van der Waals surface area (Å²) in [5.74, 6) is -1.94. The van der Waals surface area contributed by atoms with Gasteiger partial charge in [0.15, 0.2) is 0 Å². The summed E-state index contributed by atoms with van der Waals surface area (Å²) in [5, 5.41) is 0. The van der Waals surface area contributed by atoms with Gasteiger partial charge in [0, 0.05) is 25.2 Å². The molecule has 156 valence electrons. The van der Waals surface area contributed by atoms with Crippen LogP contribution >= 0.6 is 0 Å². The Hall–Kier alpha value is -2.32. The fourth-order valence-corrected chi connectivity index (χ4v) is 3.00. The Bertz CT molecular complexity index is 759. The highest BCUT2D eigenvalue weighted by atomic mass is 19.4. The molecule has 0 bridgehead atoms. The largest absolute Gasteiger partial charge is 0.444 e. The van der Waals surface area contributed by atoms with Gasteiger partial charge in [-0.2, -0.15) is 13.2 Å². The molecule has 5 nitrogen and oxygen atoms in total. The zero-order valence-electron chi connectivity index (χ0n) is 16.4. The third-order valence-corrected chi connectivity index (χ3v) is 4.40. The first-order chi connectivity index (χ1) is 12.7. The number of rotatable bonds is 1. The number of amides is 2. The molecule has 1 aromatic rings. The summed E-state index contributed by atoms with van der Waals surface area (Å²) in [6.07, 6.45) is -5.21. The van der Waals surface area contributed by atoms with Crippen molar-refractivity contribution in [3.63, 3.8) is 0 Å². The number of hydrogen-bond acceptors (Lipinski definition) is 3. The predicted octanol–water partition coefficient (Wildman–Crippen LogP) is 4.31. The van der Waals surface area contributed by atoms with Crippen LogP contribution in [-0.2, 0) is 10.9 Å². The van der Waals surface area contributed by atoms with Crippen LogP contribution in [0.4, 0.5) is 22.4 Å². The Morgan fingerprint density at radius 1 is 1.04 bits per heavy atom. The monoisotopic (exact) mass is 404 g/mol. The minimum Gasteiger partial charge on any atom is -0.444 e. The van der Waals surface area contributed by atoms with Gasteiger partial charge in [0.2, 0.25) is 0 Å². The Kier molecular flexibility index (Phi) is 5.96. The SMILES string of the molecule is C[C@@H]1CN(C(=O)OC(C)(C)C)[C@@H](C)CN1C(=O)c1ccc(C(F)(F)F)cc1F. The highest BCUT2D eigenvalue weighted by Gasteiger charge is 2.38. The molecule has 28 heavy (non-hydrogen) atoms. The molecule has 1 aliphatic heterocycles. The second kappa shape index (κ2) is 7.60. The molecule has 2 amide bonds. The lowest BCUT2D eigenvalue weighted by Crippen LogP contribution is -2.60. The van der Waals surface area contributed by atoms with Gasteiger partial charge in [-0.05, 0) is 52.8 Å². The van der Waals surface area contributed by atoms with Crippen LogP contribution < -0.4 is 0 Å². The van der Waals surface area contributed by atoms with Crippen LogP contribution in [0.2, 0.25) is 0 Å². The van der Waals surface area contributed by atoms with E-state index in [1.807, 2.05) is 0 Å². The van der Waals surface area contributed by atoms with E-state index in [1.165, 1.54) is 9.80 Å². The molecule has 0 radical (unpaired) electrons. The summed E-state index contributed by atoms with van der Waals surface area (Å²) in [7, 11) is 0. The number of halogens is 4. The van der Waals surface area contributed by atoms with Crippen LogP contribution in [0.3, 0.4) is 0 Å². The maximum Gasteiger partial charge on any atom is 0.416 e. The molecule has 2 atom stereocenters. The third kappa shape index (κ3) is 4.94. The summed E-state index contributed by atoms with van der Waals surface area (Å²) < 4.78 is 57.6. The summed E-state index contributed by atoms with van der Waals surface area (Å²) in [6, 6.07) is 0.989. The maximum atomic E-state index is 14.2. The van der Waals surface area contributed by atoms with E-state index in [4.69, 9.17) is 4.74 Å². The normalized spacial score (nSPS) is 20.9. The van der Waals surface area contributed by atoms with E-state index < -0.39 is 52.8 Å². The average molecular weight is 404 g/mol. The zero-order valence-corrected chi connectivity index (χ0v) is 16.4. The first-order valence-corrected chi connectivity index (χ1v) is 8.88. The molecule has 0 spiro atoms. The zero-order chi connectivity index (χ0) is 21.4. The standard InChI is InChI=1S/C19H24F4N2O3/c1-11-10-25(17(27)28-18(3,4)5)12(2)9-24(11)16(26)14-7-6-13(8-15(14)20)19(21,22)23/h6-8,11-12H,9-10H2,1-5H3/t11-,12+/m1/s1. The molecule has 0 saturated carbocycles. The Labute approximate surface area is 161 Å². The predicted molar refractivity (Wildman–Crippen MR) is 94.3 cm³/mol. The summed E-state index contributed by atoms with van der Waals surface area (Å²) in [5.41, 5.74) is -2.26. The first kappa shape index (κ1) is 22.0. The molecule has 9 heteroatoms. The van der Waals surface area contributed by atoms with Crippen molar-refractivity contribution in [1.82, 2.24) is 9.80 Å². The molecule has 0 aromatic heterocycles. The quantitative estimate of drug-likeness (QED) is 0.656. The third-order valence-electron chi connectivity index (χ3n) is 4.40. The summed E-state index contributed by atoms with van der Waals surface area (Å²) in [4.78, 5) is 27.9. The molecule has 2 rings (SSSR count). The van der Waals surface area contributed by atoms with E-state index >= 15 is 0 Å². The van der Waals surface area contributed by atoms with E-state index in [1.54, 1.807) is 34.6 Å². The lowest BCUT2D eigenvalue weighted by molar-refractivity contribution is -0.137. The molecular formula is C19H24F4N2O3. The average Bonchev–Trinajstić information content (AvgIpc) is 2.53. The summed E-state index contributed by atoms with van der Waals surface area (Å²) in [6.45, 7) is 8.91. The minimum atomic E-state index is -4.69. The number of benzene rings is 1. The molecular weight excluding hydrogens is 380 g/mol. The minimum absolute atomic E-state index is 0.111. The second-order valence-corrected chi connectivity index (χ2v) is 7.98. The van der Waals surface area contributed by atoms with Crippen LogP contribution in [0.25, 0.3) is 0 Å². The van der Waals surface area contributed by atoms with Crippen molar-refractivity contribution < 1.29 is 31.9 Å². The van der Waals surface area contributed by atoms with Crippen molar-refractivity contribution in [2.45, 2.75) is 58.5 Å². The lowest BCUT2D eigenvalue weighted by atomic mass is 10.0. The fraction of sp³-hybridized carbons (Fsp3) is 0.579. The number of ether oxygens (including phenoxy) is 1. The van der Waals surface area contributed by atoms with Crippen molar-refractivity contribution in [2.75, 3.05) is 13.1 Å². The van der Waals surface area contributed by atoms with Crippen LogP contribution in [0, 0.1) is 5.82 Å². The van der Waals surface area contributed by atoms with Crippen LogP contribution in [0.15, 0.2) is 18.2 Å². The van der Waals surface area contributed by atoms with Crippen molar-refractivity contribution >= 4 is 12.0 Å². The fourth-order valence-electron chi connectivity index (χ4n) is 3.00. The Morgan fingerprint density at radius 2 is 1.57 bits per heavy atom. The van der Waals surface area contributed by atoms with Crippen molar-refractivity contribution in [3.05, 3.63) is 35.1 Å². The lowest BCUT2D eigenvalue weighted by Gasteiger charge is -2.44. The molecule has 1 fully saturated rings. The highest BCUT2D eigenvalue weighted by Crippen LogP contribution is 2.31. The molecule has 1 aliphatic rings. The molecule has 0 N–H and O–H groups in total. The summed E-state index contributed by atoms with van der Waals surface area (Å²) >= 11 is 0. The van der Waals surface area contributed by atoms with Gasteiger partial charge in [0.1, 0.15) is 11.4 Å². The number of carbonyl (C=O) groups is 2. The molecule has 1 heterocycles. The Balaban J connectivity index is 2.17. The van der Waals surface area contributed by atoms with E-state index in [0.29, 0.717) is 12.1 Å². The van der Waals surface area contributed by atoms with E-state index in [9.17, 15) is 27.2 Å². The highest BCUT2D eigenvalue weighted by molar-refractivity contribution is 5.95. The maximum absolute atomic E-state index is 14.2. The molecule has 1 aromatic carbocycles. The topological polar surface area (TPSA) is 49.9 Å². The van der Waals surface area contributed by atoms with Gasteiger partial charge in [0.25, 0.3) is 5.91 Å². The smallest absolute Gasteiger partial charge is 0.416 e. The number of nitrogens with zero attached hydrogens (tertiary/aromatic N) is 2. The van der Waals surface area contributed by atoms with Crippen LogP contribution in [0.5, 0.6) is 0 Å². The Morgan fingerprint density at radius 3 is 2.07 bits per heavy atom. The number of alkyl halides is 3. The van der Waals surface area contributed by atoms with Crippen molar-refractivity contribution in [3.8, 4) is 0 Å². The van der Waals surface area contributed by atoms with E-state index in [2.05, 4.69) is 0 Å². The van der Waals surface area contributed by atoms with Crippen LogP contribution in [-0.4, -0.2) is 52.6 Å². The van der Waals surface area contributed by atoms with Gasteiger partial charge in [-0.15, -0.1) is 0 Å². The molecule has 1 saturated heterocycles. The van der Waals surface area contributed by atoms with Gasteiger partial charge in [-0.25, -0.2) is 9.18 Å². The van der Waals surface area contributed by atoms with E-state index in [0.717, 1.165) is 6.07 Å². The van der Waals surface area contributed by atoms with Gasteiger partial charge in [-0.3, -0.25) is 4.79 Å². The molecule has 0 unspecified atom stereocenters. The van der Waals surface area contributed by atoms with Crippen molar-refractivity contribution in [2.24, 2.45) is 0 Å². The number of hydrogen-bond donors (Lipinski definition) is 0. The van der Waals surface area contributed by atoms with E-state index in [-0.39, 0.29) is 13.1 Å². The first-order valence-electron chi connectivity index (χ1n) is 8.88.